The number of ether oxygens (including phenoxy) is 3. The molecule has 0 fully saturated rings. The van der Waals surface area contributed by atoms with Gasteiger partial charge >= 0.3 is 0 Å². The maximum Gasteiger partial charge on any atom is 0.195 e. The van der Waals surface area contributed by atoms with E-state index in [1.807, 2.05) is 18.2 Å². The molecule has 0 heterocycles. The quantitative estimate of drug-likeness (QED) is 0.453. The van der Waals surface area contributed by atoms with Crippen LogP contribution in [-0.2, 0) is 4.74 Å². The Morgan fingerprint density at radius 2 is 1.90 bits per heavy atom. The standard InChI is InChI=1S/C14H23N3O3/c1-15-14(16-8-5-9-18-2)17-11-6-7-12(19-3)13(10-11)20-4/h6-7,10H,5,8-9H2,1-4H3,(H2,15,16,17). The lowest BCUT2D eigenvalue weighted by molar-refractivity contribution is 0.195. The Bertz CT molecular complexity index is 436. The molecule has 6 nitrogen and oxygen atoms in total. The number of aliphatic imine (C=N–C) groups is 1. The van der Waals surface area contributed by atoms with Gasteiger partial charge in [0.05, 0.1) is 14.2 Å². The molecule has 0 aliphatic rings. The van der Waals surface area contributed by atoms with Crippen LogP contribution in [0.5, 0.6) is 11.5 Å². The molecule has 0 aliphatic carbocycles. The van der Waals surface area contributed by atoms with E-state index in [2.05, 4.69) is 15.6 Å². The van der Waals surface area contributed by atoms with Gasteiger partial charge in [0.15, 0.2) is 17.5 Å². The number of benzene rings is 1. The van der Waals surface area contributed by atoms with Crippen molar-refractivity contribution in [3.05, 3.63) is 18.2 Å². The molecule has 1 aromatic carbocycles. The third kappa shape index (κ3) is 4.97. The summed E-state index contributed by atoms with van der Waals surface area (Å²) in [6.45, 7) is 1.52. The smallest absolute Gasteiger partial charge is 0.195 e. The topological polar surface area (TPSA) is 64.1 Å². The lowest BCUT2D eigenvalue weighted by Gasteiger charge is -2.14. The number of rotatable bonds is 7. The Labute approximate surface area is 120 Å². The summed E-state index contributed by atoms with van der Waals surface area (Å²) in [5.74, 6) is 2.07. The van der Waals surface area contributed by atoms with Gasteiger partial charge in [0.1, 0.15) is 0 Å². The number of methoxy groups -OCH3 is 3. The van der Waals surface area contributed by atoms with E-state index < -0.39 is 0 Å². The summed E-state index contributed by atoms with van der Waals surface area (Å²) in [6.07, 6.45) is 0.920. The normalized spacial score (nSPS) is 11.1. The molecule has 20 heavy (non-hydrogen) atoms. The Balaban J connectivity index is 2.61. The van der Waals surface area contributed by atoms with Crippen LogP contribution in [0.1, 0.15) is 6.42 Å². The second-order valence-electron chi connectivity index (χ2n) is 4.04. The van der Waals surface area contributed by atoms with Crippen LogP contribution < -0.4 is 20.1 Å². The molecule has 0 atom stereocenters. The minimum atomic E-state index is 0.673. The van der Waals surface area contributed by atoms with E-state index >= 15 is 0 Å². The fourth-order valence-electron chi connectivity index (χ4n) is 1.65. The van der Waals surface area contributed by atoms with Crippen molar-refractivity contribution in [2.45, 2.75) is 6.42 Å². The third-order valence-electron chi connectivity index (χ3n) is 2.69. The van der Waals surface area contributed by atoms with Gasteiger partial charge in [-0.1, -0.05) is 0 Å². The van der Waals surface area contributed by atoms with Crippen LogP contribution in [-0.4, -0.2) is 47.5 Å². The maximum absolute atomic E-state index is 5.26. The van der Waals surface area contributed by atoms with Crippen molar-refractivity contribution in [2.24, 2.45) is 4.99 Å². The fraction of sp³-hybridized carbons (Fsp3) is 0.500. The average Bonchev–Trinajstić information content (AvgIpc) is 2.50. The largest absolute Gasteiger partial charge is 0.493 e. The molecule has 0 aliphatic heterocycles. The molecule has 112 valence electrons. The molecule has 0 bridgehead atoms. The van der Waals surface area contributed by atoms with Crippen LogP contribution in [0.4, 0.5) is 5.69 Å². The number of anilines is 1. The van der Waals surface area contributed by atoms with Crippen LogP contribution in [0.25, 0.3) is 0 Å². The van der Waals surface area contributed by atoms with Crippen molar-refractivity contribution in [1.29, 1.82) is 0 Å². The molecule has 0 saturated carbocycles. The molecule has 2 N–H and O–H groups in total. The first-order chi connectivity index (χ1) is 9.74. The van der Waals surface area contributed by atoms with Crippen LogP contribution in [0.15, 0.2) is 23.2 Å². The first kappa shape index (κ1) is 16.1. The summed E-state index contributed by atoms with van der Waals surface area (Å²) >= 11 is 0. The molecular formula is C14H23N3O3. The van der Waals surface area contributed by atoms with Crippen molar-refractivity contribution < 1.29 is 14.2 Å². The minimum absolute atomic E-state index is 0.673. The highest BCUT2D eigenvalue weighted by molar-refractivity contribution is 5.93. The van der Waals surface area contributed by atoms with Crippen molar-refractivity contribution in [2.75, 3.05) is 46.8 Å². The summed E-state index contributed by atoms with van der Waals surface area (Å²) in [5.41, 5.74) is 0.877. The third-order valence-corrected chi connectivity index (χ3v) is 2.69. The molecule has 6 heteroatoms. The average molecular weight is 281 g/mol. The number of guanidine groups is 1. The van der Waals surface area contributed by atoms with Gasteiger partial charge in [-0.15, -0.1) is 0 Å². The van der Waals surface area contributed by atoms with E-state index in [-0.39, 0.29) is 0 Å². The highest BCUT2D eigenvalue weighted by Gasteiger charge is 2.05. The summed E-state index contributed by atoms with van der Waals surface area (Å²) in [7, 11) is 6.64. The molecule has 1 aromatic rings. The minimum Gasteiger partial charge on any atom is -0.493 e. The summed E-state index contributed by atoms with van der Waals surface area (Å²) < 4.78 is 15.5. The van der Waals surface area contributed by atoms with Crippen LogP contribution in [0, 0.1) is 0 Å². The van der Waals surface area contributed by atoms with Gasteiger partial charge in [0, 0.05) is 39.1 Å². The molecule has 0 saturated heterocycles. The lowest BCUT2D eigenvalue weighted by atomic mass is 10.3. The summed E-state index contributed by atoms with van der Waals surface area (Å²) in [4.78, 5) is 4.16. The Kier molecular flexibility index (Phi) is 7.27. The fourth-order valence-corrected chi connectivity index (χ4v) is 1.65. The van der Waals surface area contributed by atoms with Gasteiger partial charge in [-0.3, -0.25) is 4.99 Å². The number of nitrogens with zero attached hydrogens (tertiary/aromatic N) is 1. The number of hydrogen-bond acceptors (Lipinski definition) is 4. The number of nitrogens with one attached hydrogen (secondary N) is 2. The molecule has 0 amide bonds. The molecule has 1 rings (SSSR count). The lowest BCUT2D eigenvalue weighted by Crippen LogP contribution is -2.31. The first-order valence-electron chi connectivity index (χ1n) is 6.43. The van der Waals surface area contributed by atoms with E-state index in [1.165, 1.54) is 0 Å². The molecule has 0 aromatic heterocycles. The molecule has 0 radical (unpaired) electrons. The van der Waals surface area contributed by atoms with Crippen molar-refractivity contribution in [1.82, 2.24) is 5.32 Å². The van der Waals surface area contributed by atoms with E-state index in [0.29, 0.717) is 17.5 Å². The molecule has 0 unspecified atom stereocenters. The van der Waals surface area contributed by atoms with Crippen molar-refractivity contribution in [3.8, 4) is 11.5 Å². The second-order valence-corrected chi connectivity index (χ2v) is 4.04. The predicted molar refractivity (Wildman–Crippen MR) is 81.0 cm³/mol. The van der Waals surface area contributed by atoms with Crippen LogP contribution in [0.2, 0.25) is 0 Å². The Morgan fingerprint density at radius 1 is 1.15 bits per heavy atom. The van der Waals surface area contributed by atoms with E-state index in [0.717, 1.165) is 25.3 Å². The predicted octanol–water partition coefficient (Wildman–Crippen LogP) is 1.73. The zero-order valence-electron chi connectivity index (χ0n) is 12.5. The van der Waals surface area contributed by atoms with Gasteiger partial charge in [-0.2, -0.15) is 0 Å². The first-order valence-corrected chi connectivity index (χ1v) is 6.43. The highest BCUT2D eigenvalue weighted by Crippen LogP contribution is 2.29. The highest BCUT2D eigenvalue weighted by atomic mass is 16.5. The summed E-state index contributed by atoms with van der Waals surface area (Å²) in [5, 5.41) is 6.40. The van der Waals surface area contributed by atoms with Crippen LogP contribution >= 0.6 is 0 Å². The zero-order chi connectivity index (χ0) is 14.8. The SMILES string of the molecule is CN=C(NCCCOC)Nc1ccc(OC)c(OC)c1. The van der Waals surface area contributed by atoms with Crippen molar-refractivity contribution in [3.63, 3.8) is 0 Å². The van der Waals surface area contributed by atoms with Gasteiger partial charge in [0.25, 0.3) is 0 Å². The zero-order valence-corrected chi connectivity index (χ0v) is 12.5. The molecule has 0 spiro atoms. The van der Waals surface area contributed by atoms with Gasteiger partial charge < -0.3 is 24.8 Å². The van der Waals surface area contributed by atoms with E-state index in [1.54, 1.807) is 28.4 Å². The van der Waals surface area contributed by atoms with E-state index in [4.69, 9.17) is 14.2 Å². The number of hydrogen-bond donors (Lipinski definition) is 2. The maximum atomic E-state index is 5.26. The van der Waals surface area contributed by atoms with Crippen LogP contribution in [0.3, 0.4) is 0 Å². The van der Waals surface area contributed by atoms with E-state index in [9.17, 15) is 0 Å². The van der Waals surface area contributed by atoms with Gasteiger partial charge in [0.2, 0.25) is 0 Å². The monoisotopic (exact) mass is 281 g/mol. The van der Waals surface area contributed by atoms with Crippen molar-refractivity contribution >= 4 is 11.6 Å². The van der Waals surface area contributed by atoms with Gasteiger partial charge in [-0.05, 0) is 18.6 Å². The Hall–Kier alpha value is -1.95. The van der Waals surface area contributed by atoms with Gasteiger partial charge in [-0.25, -0.2) is 0 Å². The summed E-state index contributed by atoms with van der Waals surface area (Å²) in [6, 6.07) is 5.61. The Morgan fingerprint density at radius 3 is 2.50 bits per heavy atom. The molecular weight excluding hydrogens is 258 g/mol. The second kappa shape index (κ2) is 9.03.